The van der Waals surface area contributed by atoms with E-state index in [9.17, 15) is 19.2 Å². The van der Waals surface area contributed by atoms with E-state index in [4.69, 9.17) is 5.73 Å². The standard InChI is InChI=1S/C20H24N4O4/c1-3-9-24-19(28)22(12-15-7-5-4-6-8-15)18(27)20(24)10-16(14(2)25)23(13-20)17(26)11-21/h3-8,16H,1,9-13,21H2,2H3/t16-,20-/m0/s1. The van der Waals surface area contributed by atoms with Crippen molar-refractivity contribution in [3.05, 3.63) is 48.6 Å². The van der Waals surface area contributed by atoms with Crippen molar-refractivity contribution in [3.63, 3.8) is 0 Å². The fraction of sp³-hybridized carbons (Fsp3) is 0.400. The summed E-state index contributed by atoms with van der Waals surface area (Å²) in [6.07, 6.45) is 1.60. The number of nitrogens with zero attached hydrogens (tertiary/aromatic N) is 3. The smallest absolute Gasteiger partial charge is 0.328 e. The third-order valence-corrected chi connectivity index (χ3v) is 5.42. The number of likely N-dealkylation sites (tertiary alicyclic amines) is 1. The van der Waals surface area contributed by atoms with Crippen LogP contribution in [0.2, 0.25) is 0 Å². The third-order valence-electron chi connectivity index (χ3n) is 5.42. The maximum Gasteiger partial charge on any atom is 0.328 e. The molecule has 1 aromatic carbocycles. The van der Waals surface area contributed by atoms with E-state index in [-0.39, 0.29) is 38.4 Å². The van der Waals surface area contributed by atoms with Crippen LogP contribution in [-0.4, -0.2) is 69.5 Å². The van der Waals surface area contributed by atoms with Crippen LogP contribution in [0.1, 0.15) is 18.9 Å². The van der Waals surface area contributed by atoms with Crippen LogP contribution in [0.3, 0.4) is 0 Å². The molecule has 0 bridgehead atoms. The van der Waals surface area contributed by atoms with E-state index in [0.29, 0.717) is 0 Å². The van der Waals surface area contributed by atoms with Crippen molar-refractivity contribution in [3.8, 4) is 0 Å². The lowest BCUT2D eigenvalue weighted by molar-refractivity contribution is -0.136. The molecule has 2 saturated heterocycles. The number of imide groups is 1. The lowest BCUT2D eigenvalue weighted by atomic mass is 9.93. The molecule has 2 aliphatic rings. The number of amides is 4. The van der Waals surface area contributed by atoms with Gasteiger partial charge in [-0.2, -0.15) is 0 Å². The highest BCUT2D eigenvalue weighted by Crippen LogP contribution is 2.40. The van der Waals surface area contributed by atoms with Gasteiger partial charge in [0.25, 0.3) is 5.91 Å². The van der Waals surface area contributed by atoms with Crippen LogP contribution >= 0.6 is 0 Å². The van der Waals surface area contributed by atoms with E-state index in [1.807, 2.05) is 30.3 Å². The summed E-state index contributed by atoms with van der Waals surface area (Å²) >= 11 is 0. The summed E-state index contributed by atoms with van der Waals surface area (Å²) in [5.74, 6) is -1.06. The number of carbonyl (C=O) groups excluding carboxylic acids is 4. The first kappa shape index (κ1) is 19.8. The van der Waals surface area contributed by atoms with E-state index < -0.39 is 29.4 Å². The zero-order valence-electron chi connectivity index (χ0n) is 15.8. The quantitative estimate of drug-likeness (QED) is 0.569. The fourth-order valence-electron chi connectivity index (χ4n) is 4.05. The number of rotatable bonds is 6. The summed E-state index contributed by atoms with van der Waals surface area (Å²) in [4.78, 5) is 54.9. The second kappa shape index (κ2) is 7.55. The molecule has 2 aliphatic heterocycles. The van der Waals surface area contributed by atoms with E-state index in [1.165, 1.54) is 27.7 Å². The van der Waals surface area contributed by atoms with Crippen molar-refractivity contribution in [2.24, 2.45) is 5.73 Å². The van der Waals surface area contributed by atoms with Gasteiger partial charge < -0.3 is 15.5 Å². The zero-order chi connectivity index (χ0) is 20.5. The minimum Gasteiger partial charge on any atom is -0.329 e. The number of nitrogens with two attached hydrogens (primary N) is 1. The van der Waals surface area contributed by atoms with Gasteiger partial charge in [0, 0.05) is 13.0 Å². The van der Waals surface area contributed by atoms with Crippen molar-refractivity contribution in [2.45, 2.75) is 31.5 Å². The summed E-state index contributed by atoms with van der Waals surface area (Å²) < 4.78 is 0. The Labute approximate surface area is 163 Å². The van der Waals surface area contributed by atoms with Crippen molar-refractivity contribution in [1.82, 2.24) is 14.7 Å². The van der Waals surface area contributed by atoms with E-state index >= 15 is 0 Å². The topological polar surface area (TPSA) is 104 Å². The minimum atomic E-state index is -1.28. The Morgan fingerprint density at radius 3 is 2.54 bits per heavy atom. The predicted octanol–water partition coefficient (Wildman–Crippen LogP) is 0.524. The molecule has 0 aromatic heterocycles. The summed E-state index contributed by atoms with van der Waals surface area (Å²) in [5, 5.41) is 0. The molecule has 2 N–H and O–H groups in total. The number of hydrogen-bond acceptors (Lipinski definition) is 5. The normalized spacial score (nSPS) is 24.4. The highest BCUT2D eigenvalue weighted by Gasteiger charge is 2.63. The molecule has 1 aromatic rings. The van der Waals surface area contributed by atoms with Crippen LogP contribution in [0.15, 0.2) is 43.0 Å². The van der Waals surface area contributed by atoms with Gasteiger partial charge in [-0.1, -0.05) is 36.4 Å². The number of urea groups is 1. The predicted molar refractivity (Wildman–Crippen MR) is 102 cm³/mol. The Kier molecular flexibility index (Phi) is 5.33. The highest BCUT2D eigenvalue weighted by molar-refractivity contribution is 6.08. The zero-order valence-corrected chi connectivity index (χ0v) is 15.8. The molecule has 0 unspecified atom stereocenters. The maximum absolute atomic E-state index is 13.4. The molecule has 2 heterocycles. The lowest BCUT2D eigenvalue weighted by Crippen LogP contribution is -2.52. The van der Waals surface area contributed by atoms with E-state index in [1.54, 1.807) is 0 Å². The highest BCUT2D eigenvalue weighted by atomic mass is 16.2. The Morgan fingerprint density at radius 2 is 1.96 bits per heavy atom. The number of ketones is 1. The monoisotopic (exact) mass is 384 g/mol. The van der Waals surface area contributed by atoms with Crippen LogP contribution in [-0.2, 0) is 20.9 Å². The first-order chi connectivity index (χ1) is 13.4. The van der Waals surface area contributed by atoms with Gasteiger partial charge in [-0.3, -0.25) is 19.3 Å². The molecule has 0 radical (unpaired) electrons. The van der Waals surface area contributed by atoms with Gasteiger partial charge in [-0.05, 0) is 12.5 Å². The van der Waals surface area contributed by atoms with Gasteiger partial charge in [0.15, 0.2) is 5.78 Å². The van der Waals surface area contributed by atoms with Crippen molar-refractivity contribution < 1.29 is 19.2 Å². The number of hydrogen-bond donors (Lipinski definition) is 1. The molecule has 28 heavy (non-hydrogen) atoms. The van der Waals surface area contributed by atoms with Gasteiger partial charge >= 0.3 is 6.03 Å². The maximum atomic E-state index is 13.4. The minimum absolute atomic E-state index is 0.0447. The van der Waals surface area contributed by atoms with Crippen LogP contribution < -0.4 is 5.73 Å². The molecule has 8 nitrogen and oxygen atoms in total. The second-order valence-electron chi connectivity index (χ2n) is 7.15. The summed E-state index contributed by atoms with van der Waals surface area (Å²) in [5.41, 5.74) is 5.03. The molecule has 0 aliphatic carbocycles. The van der Waals surface area contributed by atoms with E-state index in [0.717, 1.165) is 5.56 Å². The van der Waals surface area contributed by atoms with Gasteiger partial charge in [0.1, 0.15) is 5.54 Å². The summed E-state index contributed by atoms with van der Waals surface area (Å²) in [7, 11) is 0. The van der Waals surface area contributed by atoms with Crippen LogP contribution in [0.25, 0.3) is 0 Å². The average Bonchev–Trinajstić information content (AvgIpc) is 3.18. The Morgan fingerprint density at radius 1 is 1.29 bits per heavy atom. The first-order valence-electron chi connectivity index (χ1n) is 9.14. The molecule has 4 amide bonds. The molecule has 0 saturated carbocycles. The second-order valence-corrected chi connectivity index (χ2v) is 7.15. The molecular weight excluding hydrogens is 360 g/mol. The largest absolute Gasteiger partial charge is 0.329 e. The SMILES string of the molecule is C=CCN1C(=O)N(Cc2ccccc2)C(=O)[C@@]12C[C@@H](C(C)=O)N(C(=O)CN)C2. The molecule has 8 heteroatoms. The van der Waals surface area contributed by atoms with Crippen molar-refractivity contribution in [2.75, 3.05) is 19.6 Å². The summed E-state index contributed by atoms with van der Waals surface area (Å²) in [6, 6.07) is 7.96. The Bertz CT molecular complexity index is 825. The number of Topliss-reactive ketones (excluding diaryl/α,β-unsaturated/α-hetero) is 1. The molecule has 148 valence electrons. The van der Waals surface area contributed by atoms with Crippen molar-refractivity contribution >= 4 is 23.6 Å². The molecule has 3 rings (SSSR count). The van der Waals surface area contributed by atoms with Gasteiger partial charge in [-0.25, -0.2) is 4.79 Å². The van der Waals surface area contributed by atoms with E-state index in [2.05, 4.69) is 6.58 Å². The van der Waals surface area contributed by atoms with Gasteiger partial charge in [0.2, 0.25) is 5.91 Å². The van der Waals surface area contributed by atoms with Crippen molar-refractivity contribution in [1.29, 1.82) is 0 Å². The van der Waals surface area contributed by atoms with Crippen LogP contribution in [0.5, 0.6) is 0 Å². The molecule has 2 fully saturated rings. The Hall–Kier alpha value is -3.00. The fourth-order valence-corrected chi connectivity index (χ4v) is 4.05. The van der Waals surface area contributed by atoms with Crippen LogP contribution in [0, 0.1) is 0 Å². The average molecular weight is 384 g/mol. The molecule has 2 atom stereocenters. The van der Waals surface area contributed by atoms with Crippen LogP contribution in [0.4, 0.5) is 4.79 Å². The summed E-state index contributed by atoms with van der Waals surface area (Å²) in [6.45, 7) is 5.02. The Balaban J connectivity index is 1.99. The molecular formula is C20H24N4O4. The third kappa shape index (κ3) is 3.09. The number of carbonyl (C=O) groups is 4. The van der Waals surface area contributed by atoms with Gasteiger partial charge in [-0.15, -0.1) is 6.58 Å². The lowest BCUT2D eigenvalue weighted by Gasteiger charge is -2.30. The number of benzene rings is 1. The molecule has 1 spiro atoms. The van der Waals surface area contributed by atoms with Gasteiger partial charge in [0.05, 0.1) is 25.7 Å². The first-order valence-corrected chi connectivity index (χ1v) is 9.14.